The van der Waals surface area contributed by atoms with Crippen LogP contribution in [0.25, 0.3) is 11.1 Å². The minimum atomic E-state index is -0.783. The second-order valence-electron chi connectivity index (χ2n) is 9.20. The lowest BCUT2D eigenvalue weighted by atomic mass is 9.97. The minimum absolute atomic E-state index is 0.0518. The number of aryl methyl sites for hydroxylation is 1. The summed E-state index contributed by atoms with van der Waals surface area (Å²) in [5, 5.41) is 9.73. The first kappa shape index (κ1) is 24.3. The van der Waals surface area contributed by atoms with Crippen molar-refractivity contribution >= 4 is 5.91 Å². The van der Waals surface area contributed by atoms with Crippen molar-refractivity contribution in [2.75, 3.05) is 13.1 Å². The average molecular weight is 502 g/mol. The molecule has 9 nitrogen and oxygen atoms in total. The first-order valence-corrected chi connectivity index (χ1v) is 12.1. The Labute approximate surface area is 212 Å². The van der Waals surface area contributed by atoms with E-state index in [-0.39, 0.29) is 12.5 Å². The molecule has 1 aliphatic rings. The van der Waals surface area contributed by atoms with Crippen LogP contribution in [-0.4, -0.2) is 44.8 Å². The van der Waals surface area contributed by atoms with Gasteiger partial charge in [-0.25, -0.2) is 14.6 Å². The molecule has 1 fully saturated rings. The van der Waals surface area contributed by atoms with Gasteiger partial charge >= 0.3 is 11.4 Å². The van der Waals surface area contributed by atoms with Gasteiger partial charge < -0.3 is 19.3 Å². The van der Waals surface area contributed by atoms with E-state index in [1.54, 1.807) is 29.2 Å². The molecule has 1 amide bonds. The molecule has 0 saturated carbocycles. The van der Waals surface area contributed by atoms with E-state index in [2.05, 4.69) is 11.1 Å². The van der Waals surface area contributed by atoms with Gasteiger partial charge in [-0.05, 0) is 71.5 Å². The van der Waals surface area contributed by atoms with Crippen LogP contribution in [0.1, 0.15) is 33.5 Å². The molecule has 37 heavy (non-hydrogen) atoms. The Morgan fingerprint density at radius 3 is 2.57 bits per heavy atom. The van der Waals surface area contributed by atoms with Crippen molar-refractivity contribution in [3.63, 3.8) is 0 Å². The predicted octanol–water partition coefficient (Wildman–Crippen LogP) is 2.94. The molecule has 2 heterocycles. The minimum Gasteiger partial charge on any atom is -0.489 e. The van der Waals surface area contributed by atoms with Crippen LogP contribution in [-0.2, 0) is 13.2 Å². The molecule has 1 saturated heterocycles. The number of nitrogens with zero attached hydrogens (tertiary/aromatic N) is 2. The van der Waals surface area contributed by atoms with Crippen LogP contribution in [0, 0.1) is 6.92 Å². The summed E-state index contributed by atoms with van der Waals surface area (Å²) in [4.78, 5) is 39.2. The molecule has 4 aromatic rings. The van der Waals surface area contributed by atoms with Crippen molar-refractivity contribution < 1.29 is 19.2 Å². The summed E-state index contributed by atoms with van der Waals surface area (Å²) in [6.45, 7) is 3.46. The molecular formula is C28H27N3O6. The molecule has 3 aromatic carbocycles. The van der Waals surface area contributed by atoms with E-state index in [0.717, 1.165) is 32.6 Å². The average Bonchev–Trinajstić information content (AvgIpc) is 3.47. The lowest BCUT2D eigenvalue weighted by Crippen LogP contribution is -2.29. The lowest BCUT2D eigenvalue weighted by molar-refractivity contribution is 0.0765. The lowest BCUT2D eigenvalue weighted by Gasteiger charge is -2.17. The van der Waals surface area contributed by atoms with Crippen molar-refractivity contribution in [2.24, 2.45) is 0 Å². The summed E-state index contributed by atoms with van der Waals surface area (Å²) in [6, 6.07) is 21.0. The fourth-order valence-electron chi connectivity index (χ4n) is 4.50. The summed E-state index contributed by atoms with van der Waals surface area (Å²) < 4.78 is 11.7. The molecule has 0 bridgehead atoms. The van der Waals surface area contributed by atoms with Gasteiger partial charge in [-0.2, -0.15) is 0 Å². The summed E-state index contributed by atoms with van der Waals surface area (Å²) >= 11 is 0. The number of aliphatic hydroxyl groups excluding tert-OH is 1. The van der Waals surface area contributed by atoms with E-state index in [0.29, 0.717) is 37.4 Å². The zero-order valence-electron chi connectivity index (χ0n) is 20.3. The quantitative estimate of drug-likeness (QED) is 0.402. The number of ether oxygens (including phenoxy) is 1. The largest absolute Gasteiger partial charge is 0.489 e. The Hall–Kier alpha value is -4.37. The fourth-order valence-corrected chi connectivity index (χ4v) is 4.50. The van der Waals surface area contributed by atoms with Crippen molar-refractivity contribution in [1.82, 2.24) is 14.6 Å². The number of benzene rings is 3. The second kappa shape index (κ2) is 10.3. The summed E-state index contributed by atoms with van der Waals surface area (Å²) in [5.41, 5.74) is 4.88. The smallest absolute Gasteiger partial charge is 0.440 e. The van der Waals surface area contributed by atoms with Gasteiger partial charge in [-0.3, -0.25) is 4.79 Å². The Morgan fingerprint density at radius 2 is 1.89 bits per heavy atom. The number of carbonyl (C=O) groups excluding carboxylic acids is 1. The molecule has 1 aliphatic heterocycles. The zero-order chi connectivity index (χ0) is 25.9. The van der Waals surface area contributed by atoms with Crippen LogP contribution < -0.4 is 16.2 Å². The van der Waals surface area contributed by atoms with E-state index in [1.807, 2.05) is 43.3 Å². The van der Waals surface area contributed by atoms with Crippen molar-refractivity contribution in [1.29, 1.82) is 0 Å². The first-order chi connectivity index (χ1) is 17.9. The number of aromatic amines is 1. The Balaban J connectivity index is 1.23. The highest BCUT2D eigenvalue weighted by Gasteiger charge is 2.25. The van der Waals surface area contributed by atoms with Crippen LogP contribution in [0.3, 0.4) is 0 Å². The number of H-pyrrole nitrogens is 1. The van der Waals surface area contributed by atoms with Gasteiger partial charge in [-0.1, -0.05) is 36.4 Å². The highest BCUT2D eigenvalue weighted by atomic mass is 16.5. The highest BCUT2D eigenvalue weighted by Crippen LogP contribution is 2.27. The van der Waals surface area contributed by atoms with Crippen molar-refractivity contribution in [2.45, 2.75) is 32.6 Å². The van der Waals surface area contributed by atoms with Gasteiger partial charge in [0.05, 0.1) is 12.6 Å². The Morgan fingerprint density at radius 1 is 1.08 bits per heavy atom. The molecule has 0 radical (unpaired) electrons. The molecule has 0 spiro atoms. The third-order valence-electron chi connectivity index (χ3n) is 6.45. The standard InChI is InChI=1S/C28H27N3O6/c1-18-13-22(26(33)30-12-11-23(32)16-30)7-10-25(18)21-4-2-3-20(14-21)17-36-24-8-5-19(6-9-24)15-31-27(34)29-28(35)37-31/h2-10,13-14,23,32H,11-12,15-17H2,1H3,(H,29,34,35). The molecule has 1 unspecified atom stereocenters. The number of nitrogens with one attached hydrogen (secondary N) is 1. The normalized spacial score (nSPS) is 15.2. The third kappa shape index (κ3) is 5.57. The zero-order valence-corrected chi connectivity index (χ0v) is 20.3. The summed E-state index contributed by atoms with van der Waals surface area (Å²) in [6.07, 6.45) is 0.183. The van der Waals surface area contributed by atoms with E-state index in [1.165, 1.54) is 0 Å². The maximum atomic E-state index is 12.8. The maximum absolute atomic E-state index is 12.8. The van der Waals surface area contributed by atoms with Crippen LogP contribution in [0.4, 0.5) is 0 Å². The van der Waals surface area contributed by atoms with E-state index in [4.69, 9.17) is 9.26 Å². The maximum Gasteiger partial charge on any atom is 0.440 e. The first-order valence-electron chi connectivity index (χ1n) is 12.1. The topological polar surface area (TPSA) is 118 Å². The second-order valence-corrected chi connectivity index (χ2v) is 9.20. The number of carbonyl (C=O) groups is 1. The Bertz CT molecular complexity index is 1530. The summed E-state index contributed by atoms with van der Waals surface area (Å²) in [5.74, 6) is -0.165. The number of likely N-dealkylation sites (tertiary alicyclic amines) is 1. The molecule has 9 heteroatoms. The fraction of sp³-hybridized carbons (Fsp3) is 0.250. The van der Waals surface area contributed by atoms with Crippen LogP contribution in [0.5, 0.6) is 5.75 Å². The number of amides is 1. The van der Waals surface area contributed by atoms with Crippen molar-refractivity contribution in [3.05, 3.63) is 110 Å². The molecule has 2 N–H and O–H groups in total. The molecule has 5 rings (SSSR count). The molecule has 190 valence electrons. The molecule has 1 atom stereocenters. The van der Waals surface area contributed by atoms with Gasteiger partial charge in [-0.15, -0.1) is 4.74 Å². The van der Waals surface area contributed by atoms with Crippen molar-refractivity contribution in [3.8, 4) is 16.9 Å². The number of hydrogen-bond acceptors (Lipinski definition) is 6. The van der Waals surface area contributed by atoms with Gasteiger partial charge in [0.15, 0.2) is 0 Å². The molecule has 0 aliphatic carbocycles. The van der Waals surface area contributed by atoms with E-state index < -0.39 is 17.5 Å². The van der Waals surface area contributed by atoms with Gasteiger partial charge in [0, 0.05) is 18.7 Å². The Kier molecular flexibility index (Phi) is 6.78. The van der Waals surface area contributed by atoms with Crippen LogP contribution >= 0.6 is 0 Å². The van der Waals surface area contributed by atoms with E-state index >= 15 is 0 Å². The number of aliphatic hydroxyl groups is 1. The number of β-amino-alcohol motifs (C(OH)–C–C–N with tert-alkyl or cyclic N) is 1. The van der Waals surface area contributed by atoms with Gasteiger partial charge in [0.25, 0.3) is 5.91 Å². The monoisotopic (exact) mass is 501 g/mol. The van der Waals surface area contributed by atoms with Crippen LogP contribution in [0.15, 0.2) is 80.8 Å². The highest BCUT2D eigenvalue weighted by molar-refractivity contribution is 5.95. The molecular weight excluding hydrogens is 474 g/mol. The molecule has 1 aromatic heterocycles. The number of hydrogen-bond donors (Lipinski definition) is 2. The van der Waals surface area contributed by atoms with Crippen LogP contribution in [0.2, 0.25) is 0 Å². The summed E-state index contributed by atoms with van der Waals surface area (Å²) in [7, 11) is 0. The third-order valence-corrected chi connectivity index (χ3v) is 6.45. The van der Waals surface area contributed by atoms with E-state index in [9.17, 15) is 19.5 Å². The number of rotatable bonds is 7. The SMILES string of the molecule is Cc1cc(C(=O)N2CCC(O)C2)ccc1-c1cccc(COc2ccc(Cn3oc(=O)[nH]c3=O)cc2)c1. The number of aromatic nitrogens is 2. The van der Waals surface area contributed by atoms with Gasteiger partial charge in [0.1, 0.15) is 12.4 Å². The predicted molar refractivity (Wildman–Crippen MR) is 137 cm³/mol. The van der Waals surface area contributed by atoms with Gasteiger partial charge in [0.2, 0.25) is 0 Å².